The standard InChI is InChI=1S/C17H28N2O/c1-2-19(13-15-8-7-9-16(20)12-15)17(14-18)10-5-3-4-6-11-17/h7-9,12,20H,2-6,10-11,13-14,18H2,1H3. The molecule has 0 bridgehead atoms. The quantitative estimate of drug-likeness (QED) is 0.812. The maximum atomic E-state index is 9.63. The van der Waals surface area contributed by atoms with E-state index in [0.717, 1.165) is 19.6 Å². The van der Waals surface area contributed by atoms with E-state index in [-0.39, 0.29) is 5.54 Å². The highest BCUT2D eigenvalue weighted by molar-refractivity contribution is 5.27. The zero-order valence-electron chi connectivity index (χ0n) is 12.6. The van der Waals surface area contributed by atoms with Crippen molar-refractivity contribution in [2.45, 2.75) is 57.5 Å². The number of aromatic hydroxyl groups is 1. The van der Waals surface area contributed by atoms with Crippen LogP contribution in [0.15, 0.2) is 24.3 Å². The van der Waals surface area contributed by atoms with Gasteiger partial charge in [-0.15, -0.1) is 0 Å². The Morgan fingerprint density at radius 3 is 2.45 bits per heavy atom. The second-order valence-electron chi connectivity index (χ2n) is 6.03. The number of hydrogen-bond acceptors (Lipinski definition) is 3. The number of phenolic OH excluding ortho intramolecular Hbond substituents is 1. The van der Waals surface area contributed by atoms with Gasteiger partial charge in [0.05, 0.1) is 0 Å². The van der Waals surface area contributed by atoms with Gasteiger partial charge in [0.15, 0.2) is 0 Å². The average Bonchev–Trinajstić information content (AvgIpc) is 2.71. The number of nitrogens with two attached hydrogens (primary N) is 1. The molecule has 1 aliphatic carbocycles. The summed E-state index contributed by atoms with van der Waals surface area (Å²) < 4.78 is 0. The highest BCUT2D eigenvalue weighted by Gasteiger charge is 2.34. The number of hydrogen-bond donors (Lipinski definition) is 2. The average molecular weight is 276 g/mol. The molecule has 0 heterocycles. The van der Waals surface area contributed by atoms with Crippen LogP contribution in [0.3, 0.4) is 0 Å². The molecule has 112 valence electrons. The van der Waals surface area contributed by atoms with Gasteiger partial charge in [-0.1, -0.05) is 44.7 Å². The summed E-state index contributed by atoms with van der Waals surface area (Å²) in [7, 11) is 0. The molecule has 0 atom stereocenters. The van der Waals surface area contributed by atoms with Crippen LogP contribution >= 0.6 is 0 Å². The number of likely N-dealkylation sites (N-methyl/N-ethyl adjacent to an activating group) is 1. The van der Waals surface area contributed by atoms with E-state index >= 15 is 0 Å². The minimum atomic E-state index is 0.150. The smallest absolute Gasteiger partial charge is 0.115 e. The van der Waals surface area contributed by atoms with Crippen molar-refractivity contribution in [2.75, 3.05) is 13.1 Å². The van der Waals surface area contributed by atoms with Crippen molar-refractivity contribution in [3.05, 3.63) is 29.8 Å². The molecule has 3 heteroatoms. The van der Waals surface area contributed by atoms with Crippen molar-refractivity contribution in [2.24, 2.45) is 5.73 Å². The molecule has 0 amide bonds. The summed E-state index contributed by atoms with van der Waals surface area (Å²) in [6, 6.07) is 7.59. The van der Waals surface area contributed by atoms with Crippen molar-refractivity contribution in [3.63, 3.8) is 0 Å². The van der Waals surface area contributed by atoms with Crippen molar-refractivity contribution in [1.82, 2.24) is 4.90 Å². The van der Waals surface area contributed by atoms with Crippen LogP contribution in [0, 0.1) is 0 Å². The number of nitrogens with zero attached hydrogens (tertiary/aromatic N) is 1. The van der Waals surface area contributed by atoms with E-state index in [2.05, 4.69) is 17.9 Å². The molecular weight excluding hydrogens is 248 g/mol. The molecular formula is C17H28N2O. The molecule has 1 aromatic rings. The van der Waals surface area contributed by atoms with E-state index < -0.39 is 0 Å². The first-order valence-electron chi connectivity index (χ1n) is 7.93. The fraction of sp³-hybridized carbons (Fsp3) is 0.647. The lowest BCUT2D eigenvalue weighted by Gasteiger charge is -2.43. The zero-order valence-corrected chi connectivity index (χ0v) is 12.6. The van der Waals surface area contributed by atoms with Crippen LogP contribution in [0.1, 0.15) is 51.0 Å². The molecule has 1 aromatic carbocycles. The normalized spacial score (nSPS) is 18.9. The van der Waals surface area contributed by atoms with Crippen molar-refractivity contribution in [1.29, 1.82) is 0 Å². The van der Waals surface area contributed by atoms with Crippen LogP contribution in [-0.2, 0) is 6.54 Å². The van der Waals surface area contributed by atoms with Gasteiger partial charge in [-0.2, -0.15) is 0 Å². The number of benzene rings is 1. The van der Waals surface area contributed by atoms with Crippen molar-refractivity contribution < 1.29 is 5.11 Å². The first-order chi connectivity index (χ1) is 9.70. The molecule has 3 N–H and O–H groups in total. The summed E-state index contributed by atoms with van der Waals surface area (Å²) in [5, 5.41) is 9.63. The SMILES string of the molecule is CCN(Cc1cccc(O)c1)C1(CN)CCCCCC1. The minimum absolute atomic E-state index is 0.150. The summed E-state index contributed by atoms with van der Waals surface area (Å²) in [6.07, 6.45) is 7.66. The van der Waals surface area contributed by atoms with Gasteiger partial charge in [0.25, 0.3) is 0 Å². The van der Waals surface area contributed by atoms with Crippen LogP contribution in [0.5, 0.6) is 5.75 Å². The first-order valence-corrected chi connectivity index (χ1v) is 7.93. The molecule has 0 radical (unpaired) electrons. The van der Waals surface area contributed by atoms with E-state index in [0.29, 0.717) is 5.75 Å². The molecule has 0 aromatic heterocycles. The molecule has 1 saturated carbocycles. The Hall–Kier alpha value is -1.06. The predicted octanol–water partition coefficient (Wildman–Crippen LogP) is 3.27. The second-order valence-corrected chi connectivity index (χ2v) is 6.03. The van der Waals surface area contributed by atoms with E-state index in [9.17, 15) is 5.11 Å². The minimum Gasteiger partial charge on any atom is -0.508 e. The monoisotopic (exact) mass is 276 g/mol. The van der Waals surface area contributed by atoms with Crippen molar-refractivity contribution in [3.8, 4) is 5.75 Å². The number of rotatable bonds is 5. The Morgan fingerprint density at radius 1 is 1.20 bits per heavy atom. The fourth-order valence-corrected chi connectivity index (χ4v) is 3.53. The van der Waals surface area contributed by atoms with Gasteiger partial charge in [0.2, 0.25) is 0 Å². The maximum Gasteiger partial charge on any atom is 0.115 e. The van der Waals surface area contributed by atoms with E-state index in [1.165, 1.54) is 44.1 Å². The van der Waals surface area contributed by atoms with Gasteiger partial charge in [-0.25, -0.2) is 0 Å². The highest BCUT2D eigenvalue weighted by atomic mass is 16.3. The summed E-state index contributed by atoms with van der Waals surface area (Å²) in [4.78, 5) is 2.52. The zero-order chi connectivity index (χ0) is 14.4. The topological polar surface area (TPSA) is 49.5 Å². The van der Waals surface area contributed by atoms with Gasteiger partial charge in [0.1, 0.15) is 5.75 Å². The predicted molar refractivity (Wildman–Crippen MR) is 83.7 cm³/mol. The molecule has 1 fully saturated rings. The Labute approximate surface area is 122 Å². The van der Waals surface area contributed by atoms with Gasteiger partial charge >= 0.3 is 0 Å². The fourth-order valence-electron chi connectivity index (χ4n) is 3.53. The van der Waals surface area contributed by atoms with Crippen LogP contribution in [0.25, 0.3) is 0 Å². The van der Waals surface area contributed by atoms with Crippen molar-refractivity contribution >= 4 is 0 Å². The molecule has 0 saturated heterocycles. The van der Waals surface area contributed by atoms with Gasteiger partial charge in [-0.3, -0.25) is 4.90 Å². The third-order valence-corrected chi connectivity index (χ3v) is 4.75. The molecule has 0 aliphatic heterocycles. The molecule has 1 aliphatic rings. The molecule has 0 unspecified atom stereocenters. The largest absolute Gasteiger partial charge is 0.508 e. The molecule has 3 nitrogen and oxygen atoms in total. The first kappa shape index (κ1) is 15.3. The van der Waals surface area contributed by atoms with E-state index in [4.69, 9.17) is 5.73 Å². The third-order valence-electron chi connectivity index (χ3n) is 4.75. The van der Waals surface area contributed by atoms with Crippen LogP contribution in [0.4, 0.5) is 0 Å². The Kier molecular flexibility index (Phi) is 5.44. The molecule has 20 heavy (non-hydrogen) atoms. The highest BCUT2D eigenvalue weighted by Crippen LogP contribution is 2.33. The van der Waals surface area contributed by atoms with Gasteiger partial charge in [-0.05, 0) is 37.1 Å². The summed E-state index contributed by atoms with van der Waals surface area (Å²) in [6.45, 7) is 4.83. The second kappa shape index (κ2) is 7.09. The Morgan fingerprint density at radius 2 is 1.90 bits per heavy atom. The Balaban J connectivity index is 2.16. The lowest BCUT2D eigenvalue weighted by atomic mass is 9.87. The van der Waals surface area contributed by atoms with Gasteiger partial charge < -0.3 is 10.8 Å². The summed E-state index contributed by atoms with van der Waals surface area (Å²) >= 11 is 0. The lowest BCUT2D eigenvalue weighted by molar-refractivity contribution is 0.0756. The third kappa shape index (κ3) is 3.53. The van der Waals surface area contributed by atoms with Crippen LogP contribution in [0.2, 0.25) is 0 Å². The Bertz CT molecular complexity index is 411. The van der Waals surface area contributed by atoms with E-state index in [1.807, 2.05) is 12.1 Å². The lowest BCUT2D eigenvalue weighted by Crippen LogP contribution is -2.53. The number of phenols is 1. The summed E-state index contributed by atoms with van der Waals surface area (Å²) in [5.41, 5.74) is 7.50. The molecule has 0 spiro atoms. The van der Waals surface area contributed by atoms with Crippen LogP contribution < -0.4 is 5.73 Å². The van der Waals surface area contributed by atoms with E-state index in [1.54, 1.807) is 6.07 Å². The summed E-state index contributed by atoms with van der Waals surface area (Å²) in [5.74, 6) is 0.348. The maximum absolute atomic E-state index is 9.63. The van der Waals surface area contributed by atoms with Gasteiger partial charge in [0, 0.05) is 18.6 Å². The molecule has 2 rings (SSSR count). The van der Waals surface area contributed by atoms with Crippen LogP contribution in [-0.4, -0.2) is 28.6 Å².